The summed E-state index contributed by atoms with van der Waals surface area (Å²) in [4.78, 5) is -1.33. The van der Waals surface area contributed by atoms with Crippen LogP contribution in [0.25, 0.3) is 0 Å². The molecule has 2 N–H and O–H groups in total. The summed E-state index contributed by atoms with van der Waals surface area (Å²) >= 11 is 6.13. The highest BCUT2D eigenvalue weighted by atomic mass is 35.5. The standard InChI is InChI=1S/C26H23ClN2O6S3/c27-25-15-14-23(17-26(25)38(34,35)29-19-21-10-5-2-6-11-21)36(30,31)22-12-7-13-24(16-22)37(32,33)28-18-20-8-3-1-4-9-20/h1-17,28-29H,18-19H2. The SMILES string of the molecule is O=S(=O)(NCc1ccccc1)c1cccc(S(=O)(=O)c2ccc(Cl)c(S(=O)(=O)NCc3ccccc3)c2)c1. The summed E-state index contributed by atoms with van der Waals surface area (Å²) in [6.07, 6.45) is 0. The van der Waals surface area contributed by atoms with Crippen molar-refractivity contribution in [2.24, 2.45) is 0 Å². The fourth-order valence-electron chi connectivity index (χ4n) is 3.51. The average molecular weight is 591 g/mol. The molecular formula is C26H23ClN2O6S3. The number of hydrogen-bond acceptors (Lipinski definition) is 6. The maximum Gasteiger partial charge on any atom is 0.242 e. The molecule has 4 aromatic rings. The summed E-state index contributed by atoms with van der Waals surface area (Å²) in [7, 11) is -12.5. The zero-order valence-corrected chi connectivity index (χ0v) is 23.0. The van der Waals surface area contributed by atoms with Gasteiger partial charge in [-0.25, -0.2) is 34.7 Å². The van der Waals surface area contributed by atoms with Crippen molar-refractivity contribution in [1.29, 1.82) is 0 Å². The molecule has 0 aliphatic carbocycles. The Morgan fingerprint density at radius 3 is 1.61 bits per heavy atom. The van der Waals surface area contributed by atoms with Crippen LogP contribution in [0.1, 0.15) is 11.1 Å². The molecule has 0 spiro atoms. The van der Waals surface area contributed by atoms with Crippen LogP contribution in [0.3, 0.4) is 0 Å². The first-order valence-electron chi connectivity index (χ1n) is 11.2. The van der Waals surface area contributed by atoms with E-state index in [4.69, 9.17) is 11.6 Å². The van der Waals surface area contributed by atoms with Crippen molar-refractivity contribution in [3.63, 3.8) is 0 Å². The topological polar surface area (TPSA) is 126 Å². The molecule has 0 amide bonds. The highest BCUT2D eigenvalue weighted by molar-refractivity contribution is 7.92. The Balaban J connectivity index is 1.61. The molecule has 0 aromatic heterocycles. The minimum atomic E-state index is -4.30. The van der Waals surface area contributed by atoms with Crippen molar-refractivity contribution in [3.05, 3.63) is 119 Å². The molecule has 4 rings (SSSR count). The van der Waals surface area contributed by atoms with Crippen LogP contribution < -0.4 is 9.44 Å². The fraction of sp³-hybridized carbons (Fsp3) is 0.0769. The van der Waals surface area contributed by atoms with E-state index in [9.17, 15) is 25.3 Å². The number of hydrogen-bond donors (Lipinski definition) is 2. The van der Waals surface area contributed by atoms with E-state index in [1.807, 2.05) is 0 Å². The van der Waals surface area contributed by atoms with Gasteiger partial charge in [0.2, 0.25) is 29.9 Å². The lowest BCUT2D eigenvalue weighted by Gasteiger charge is -2.12. The predicted molar refractivity (Wildman–Crippen MR) is 144 cm³/mol. The van der Waals surface area contributed by atoms with Crippen molar-refractivity contribution in [2.75, 3.05) is 0 Å². The molecule has 0 atom stereocenters. The van der Waals surface area contributed by atoms with E-state index < -0.39 is 34.8 Å². The van der Waals surface area contributed by atoms with E-state index in [0.29, 0.717) is 5.56 Å². The van der Waals surface area contributed by atoms with E-state index in [1.54, 1.807) is 60.7 Å². The Labute approximate surface area is 227 Å². The Hall–Kier alpha value is -3.06. The summed E-state index contributed by atoms with van der Waals surface area (Å²) in [5.41, 5.74) is 1.44. The van der Waals surface area contributed by atoms with Crippen LogP contribution in [0.2, 0.25) is 5.02 Å². The van der Waals surface area contributed by atoms with Gasteiger partial charge in [0, 0.05) is 13.1 Å². The molecule has 0 unspecified atom stereocenters. The molecule has 0 saturated heterocycles. The molecule has 38 heavy (non-hydrogen) atoms. The van der Waals surface area contributed by atoms with E-state index in [2.05, 4.69) is 9.44 Å². The molecule has 0 fully saturated rings. The lowest BCUT2D eigenvalue weighted by molar-refractivity contribution is 0.579. The first kappa shape index (κ1) is 28.0. The summed E-state index contributed by atoms with van der Waals surface area (Å²) in [6.45, 7) is 0.000895. The first-order valence-corrected chi connectivity index (χ1v) is 16.0. The average Bonchev–Trinajstić information content (AvgIpc) is 2.92. The van der Waals surface area contributed by atoms with Gasteiger partial charge in [-0.1, -0.05) is 78.3 Å². The largest absolute Gasteiger partial charge is 0.242 e. The third-order valence-corrected chi connectivity index (χ3v) is 10.6. The Morgan fingerprint density at radius 2 is 1.03 bits per heavy atom. The molecule has 12 heteroatoms. The highest BCUT2D eigenvalue weighted by Crippen LogP contribution is 2.29. The molecule has 4 aromatic carbocycles. The van der Waals surface area contributed by atoms with Crippen molar-refractivity contribution in [3.8, 4) is 0 Å². The zero-order valence-electron chi connectivity index (χ0n) is 19.8. The van der Waals surface area contributed by atoms with Gasteiger partial charge in [0.15, 0.2) is 0 Å². The predicted octanol–water partition coefficient (Wildman–Crippen LogP) is 4.13. The van der Waals surface area contributed by atoms with Gasteiger partial charge in [-0.2, -0.15) is 0 Å². The quantitative estimate of drug-likeness (QED) is 0.286. The van der Waals surface area contributed by atoms with E-state index in [-0.39, 0.29) is 32.8 Å². The second-order valence-electron chi connectivity index (χ2n) is 8.19. The van der Waals surface area contributed by atoms with Gasteiger partial charge in [0.1, 0.15) is 4.90 Å². The van der Waals surface area contributed by atoms with Gasteiger partial charge in [-0.05, 0) is 47.5 Å². The summed E-state index contributed by atoms with van der Waals surface area (Å²) in [6, 6.07) is 25.8. The molecule has 0 aliphatic heterocycles. The van der Waals surface area contributed by atoms with Crippen LogP contribution in [0.4, 0.5) is 0 Å². The van der Waals surface area contributed by atoms with E-state index >= 15 is 0 Å². The van der Waals surface area contributed by atoms with Gasteiger partial charge in [0.05, 0.1) is 19.7 Å². The molecule has 0 aliphatic rings. The maximum absolute atomic E-state index is 13.4. The molecular weight excluding hydrogens is 568 g/mol. The second kappa shape index (κ2) is 11.4. The molecule has 0 radical (unpaired) electrons. The minimum Gasteiger partial charge on any atom is -0.219 e. The molecule has 8 nitrogen and oxygen atoms in total. The van der Waals surface area contributed by atoms with Crippen LogP contribution in [-0.4, -0.2) is 25.3 Å². The number of rotatable bonds is 10. The number of benzene rings is 4. The Kier molecular flexibility index (Phi) is 8.36. The van der Waals surface area contributed by atoms with Gasteiger partial charge < -0.3 is 0 Å². The normalized spacial score (nSPS) is 12.3. The van der Waals surface area contributed by atoms with Crippen molar-refractivity contribution in [2.45, 2.75) is 32.7 Å². The summed E-state index contributed by atoms with van der Waals surface area (Å²) in [5.74, 6) is 0. The monoisotopic (exact) mass is 590 g/mol. The number of sulfonamides is 2. The number of sulfone groups is 1. The van der Waals surface area contributed by atoms with Crippen molar-refractivity contribution >= 4 is 41.5 Å². The molecule has 0 saturated carbocycles. The maximum atomic E-state index is 13.4. The third kappa shape index (κ3) is 6.49. The van der Waals surface area contributed by atoms with E-state index in [1.165, 1.54) is 30.3 Å². The van der Waals surface area contributed by atoms with Gasteiger partial charge in [0.25, 0.3) is 0 Å². The summed E-state index contributed by atoms with van der Waals surface area (Å²) < 4.78 is 83.2. The van der Waals surface area contributed by atoms with Crippen LogP contribution in [0.5, 0.6) is 0 Å². The third-order valence-electron chi connectivity index (χ3n) is 5.55. The van der Waals surface area contributed by atoms with Crippen molar-refractivity contribution in [1.82, 2.24) is 9.44 Å². The Morgan fingerprint density at radius 1 is 0.526 bits per heavy atom. The number of nitrogens with one attached hydrogen (secondary N) is 2. The first-order chi connectivity index (χ1) is 18.0. The van der Waals surface area contributed by atoms with Crippen LogP contribution >= 0.6 is 11.6 Å². The molecule has 0 bridgehead atoms. The van der Waals surface area contributed by atoms with E-state index in [0.717, 1.165) is 17.7 Å². The lowest BCUT2D eigenvalue weighted by atomic mass is 10.2. The fourth-order valence-corrected chi connectivity index (χ4v) is 7.60. The van der Waals surface area contributed by atoms with Gasteiger partial charge >= 0.3 is 0 Å². The smallest absolute Gasteiger partial charge is 0.219 e. The number of halogens is 1. The molecule has 0 heterocycles. The van der Waals surface area contributed by atoms with Gasteiger partial charge in [-0.15, -0.1) is 0 Å². The minimum absolute atomic E-state index is 0.0215. The van der Waals surface area contributed by atoms with Gasteiger partial charge in [-0.3, -0.25) is 0 Å². The van der Waals surface area contributed by atoms with Crippen LogP contribution in [0.15, 0.2) is 123 Å². The van der Waals surface area contributed by atoms with Crippen LogP contribution in [-0.2, 0) is 43.0 Å². The van der Waals surface area contributed by atoms with Crippen LogP contribution in [0, 0.1) is 0 Å². The summed E-state index contributed by atoms with van der Waals surface area (Å²) in [5, 5.41) is -0.161. The Bertz CT molecular complexity index is 1760. The van der Waals surface area contributed by atoms with Crippen molar-refractivity contribution < 1.29 is 25.3 Å². The second-order valence-corrected chi connectivity index (χ2v) is 14.1. The molecule has 198 valence electrons. The highest BCUT2D eigenvalue weighted by Gasteiger charge is 2.25. The zero-order chi connectivity index (χ0) is 27.4. The lowest BCUT2D eigenvalue weighted by Crippen LogP contribution is -2.24.